The van der Waals surface area contributed by atoms with Crippen LogP contribution in [0.2, 0.25) is 0 Å². The van der Waals surface area contributed by atoms with E-state index in [-0.39, 0.29) is 12.4 Å². The predicted molar refractivity (Wildman–Crippen MR) is 86.5 cm³/mol. The van der Waals surface area contributed by atoms with Crippen LogP contribution in [0.4, 0.5) is 0 Å². The lowest BCUT2D eigenvalue weighted by Gasteiger charge is -2.09. The molecule has 0 N–H and O–H groups in total. The first-order valence-corrected chi connectivity index (χ1v) is 8.41. The Morgan fingerprint density at radius 3 is 2.81 bits per heavy atom. The fourth-order valence-electron chi connectivity index (χ4n) is 2.71. The van der Waals surface area contributed by atoms with Gasteiger partial charge in [0.2, 0.25) is 0 Å². The quantitative estimate of drug-likeness (QED) is 0.612. The van der Waals surface area contributed by atoms with Crippen LogP contribution in [0, 0.1) is 0 Å². The summed E-state index contributed by atoms with van der Waals surface area (Å²) in [5.41, 5.74) is 3.47. The van der Waals surface area contributed by atoms with Crippen molar-refractivity contribution in [2.24, 2.45) is 0 Å². The highest BCUT2D eigenvalue weighted by molar-refractivity contribution is 7.98. The minimum atomic E-state index is 0.0422. The van der Waals surface area contributed by atoms with E-state index in [4.69, 9.17) is 4.74 Å². The molecule has 3 heteroatoms. The van der Waals surface area contributed by atoms with E-state index in [2.05, 4.69) is 6.07 Å². The van der Waals surface area contributed by atoms with E-state index in [1.807, 2.05) is 42.7 Å². The van der Waals surface area contributed by atoms with Crippen LogP contribution in [0.5, 0.6) is 5.75 Å². The molecule has 0 atom stereocenters. The van der Waals surface area contributed by atoms with Gasteiger partial charge in [-0.05, 0) is 54.8 Å². The number of aryl methyl sites for hydroxylation is 2. The van der Waals surface area contributed by atoms with E-state index in [0.29, 0.717) is 0 Å². The standard InChI is InChI=1S/C18H18O2S/c1-21-18-8-3-2-7-17(18)20-12-16(19)15-10-9-13-5-4-6-14(13)11-15/h2-3,7-11H,4-6,12H2,1H3. The molecule has 0 aliphatic heterocycles. The van der Waals surface area contributed by atoms with Crippen molar-refractivity contribution in [3.63, 3.8) is 0 Å². The van der Waals surface area contributed by atoms with Crippen LogP contribution < -0.4 is 4.74 Å². The maximum Gasteiger partial charge on any atom is 0.200 e. The number of ketones is 1. The number of Topliss-reactive ketones (excluding diaryl/α,β-unsaturated/α-hetero) is 1. The third-order valence-corrected chi connectivity index (χ3v) is 4.63. The number of thioether (sulfide) groups is 1. The number of benzene rings is 2. The SMILES string of the molecule is CSc1ccccc1OCC(=O)c1ccc2c(c1)CCC2. The number of hydrogen-bond donors (Lipinski definition) is 0. The zero-order chi connectivity index (χ0) is 14.7. The van der Waals surface area contributed by atoms with Crippen LogP contribution >= 0.6 is 11.8 Å². The van der Waals surface area contributed by atoms with Gasteiger partial charge in [-0.2, -0.15) is 0 Å². The third kappa shape index (κ3) is 3.13. The van der Waals surface area contributed by atoms with Crippen molar-refractivity contribution in [3.8, 4) is 5.75 Å². The lowest BCUT2D eigenvalue weighted by molar-refractivity contribution is 0.0919. The molecule has 0 amide bonds. The lowest BCUT2D eigenvalue weighted by Crippen LogP contribution is -2.12. The van der Waals surface area contributed by atoms with E-state index in [0.717, 1.165) is 29.1 Å². The first kappa shape index (κ1) is 14.2. The molecule has 0 spiro atoms. The van der Waals surface area contributed by atoms with Gasteiger partial charge < -0.3 is 4.74 Å². The molecule has 2 nitrogen and oxygen atoms in total. The average molecular weight is 298 g/mol. The van der Waals surface area contributed by atoms with Gasteiger partial charge in [0.1, 0.15) is 5.75 Å². The zero-order valence-corrected chi connectivity index (χ0v) is 12.9. The fourth-order valence-corrected chi connectivity index (χ4v) is 3.25. The number of ether oxygens (including phenoxy) is 1. The molecule has 0 unspecified atom stereocenters. The van der Waals surface area contributed by atoms with Crippen LogP contribution in [0.1, 0.15) is 27.9 Å². The highest BCUT2D eigenvalue weighted by Gasteiger charge is 2.14. The van der Waals surface area contributed by atoms with Crippen molar-refractivity contribution in [1.29, 1.82) is 0 Å². The molecule has 0 bridgehead atoms. The molecule has 0 fully saturated rings. The summed E-state index contributed by atoms with van der Waals surface area (Å²) >= 11 is 1.62. The second-order valence-electron chi connectivity index (χ2n) is 5.20. The van der Waals surface area contributed by atoms with E-state index in [9.17, 15) is 4.79 Å². The molecule has 1 aliphatic carbocycles. The largest absolute Gasteiger partial charge is 0.484 e. The van der Waals surface area contributed by atoms with Gasteiger partial charge in [0.15, 0.2) is 12.4 Å². The molecule has 108 valence electrons. The highest BCUT2D eigenvalue weighted by Crippen LogP contribution is 2.27. The highest BCUT2D eigenvalue weighted by atomic mass is 32.2. The van der Waals surface area contributed by atoms with Crippen LogP contribution in [0.3, 0.4) is 0 Å². The fraction of sp³-hybridized carbons (Fsp3) is 0.278. The molecule has 0 aromatic heterocycles. The smallest absolute Gasteiger partial charge is 0.200 e. The molecule has 0 radical (unpaired) electrons. The first-order valence-electron chi connectivity index (χ1n) is 7.19. The van der Waals surface area contributed by atoms with Crippen molar-refractivity contribution in [1.82, 2.24) is 0 Å². The summed E-state index contributed by atoms with van der Waals surface area (Å²) in [6, 6.07) is 13.9. The maximum atomic E-state index is 12.3. The van der Waals surface area contributed by atoms with E-state index in [1.54, 1.807) is 11.8 Å². The summed E-state index contributed by atoms with van der Waals surface area (Å²) in [5, 5.41) is 0. The van der Waals surface area contributed by atoms with Crippen LogP contribution in [-0.4, -0.2) is 18.6 Å². The Bertz CT molecular complexity index is 664. The van der Waals surface area contributed by atoms with Crippen LogP contribution in [0.25, 0.3) is 0 Å². The van der Waals surface area contributed by atoms with Crippen molar-refractivity contribution in [3.05, 3.63) is 59.2 Å². The van der Waals surface area contributed by atoms with E-state index in [1.165, 1.54) is 17.5 Å². The number of fused-ring (bicyclic) bond motifs is 1. The van der Waals surface area contributed by atoms with E-state index < -0.39 is 0 Å². The Labute approximate surface area is 129 Å². The van der Waals surface area contributed by atoms with E-state index >= 15 is 0 Å². The Kier molecular flexibility index (Phi) is 4.30. The summed E-state index contributed by atoms with van der Waals surface area (Å²) in [6.45, 7) is 0.0936. The maximum absolute atomic E-state index is 12.3. The summed E-state index contributed by atoms with van der Waals surface area (Å²) in [6.07, 6.45) is 5.43. The second-order valence-corrected chi connectivity index (χ2v) is 6.05. The first-order chi connectivity index (χ1) is 10.3. The number of para-hydroxylation sites is 1. The Morgan fingerprint density at radius 2 is 1.95 bits per heavy atom. The van der Waals surface area contributed by atoms with Gasteiger partial charge in [-0.15, -0.1) is 11.8 Å². The summed E-state index contributed by atoms with van der Waals surface area (Å²) < 4.78 is 5.69. The minimum absolute atomic E-state index is 0.0422. The van der Waals surface area contributed by atoms with Crippen molar-refractivity contribution in [2.75, 3.05) is 12.9 Å². The number of hydrogen-bond acceptors (Lipinski definition) is 3. The normalized spacial score (nSPS) is 13.0. The van der Waals surface area contributed by atoms with Gasteiger partial charge >= 0.3 is 0 Å². The molecule has 3 rings (SSSR count). The van der Waals surface area contributed by atoms with Gasteiger partial charge in [0, 0.05) is 10.5 Å². The average Bonchev–Trinajstić information content (AvgIpc) is 3.00. The molecule has 0 saturated carbocycles. The molecule has 21 heavy (non-hydrogen) atoms. The van der Waals surface area contributed by atoms with Crippen molar-refractivity contribution in [2.45, 2.75) is 24.2 Å². The zero-order valence-electron chi connectivity index (χ0n) is 12.1. The molecule has 2 aromatic rings. The predicted octanol–water partition coefficient (Wildman–Crippen LogP) is 4.16. The van der Waals surface area contributed by atoms with Gasteiger partial charge in [-0.1, -0.05) is 24.3 Å². The second kappa shape index (κ2) is 6.35. The van der Waals surface area contributed by atoms with Gasteiger partial charge in [-0.3, -0.25) is 4.79 Å². The van der Waals surface area contributed by atoms with Crippen LogP contribution in [0.15, 0.2) is 47.4 Å². The number of carbonyl (C=O) groups excluding carboxylic acids is 1. The molecule has 0 saturated heterocycles. The van der Waals surface area contributed by atoms with Gasteiger partial charge in [0.25, 0.3) is 0 Å². The Hall–Kier alpha value is -1.74. The monoisotopic (exact) mass is 298 g/mol. The number of rotatable bonds is 5. The summed E-state index contributed by atoms with van der Waals surface area (Å²) in [7, 11) is 0. The Morgan fingerprint density at radius 1 is 1.14 bits per heavy atom. The molecule has 1 aliphatic rings. The lowest BCUT2D eigenvalue weighted by atomic mass is 10.0. The number of carbonyl (C=O) groups is 1. The van der Waals surface area contributed by atoms with Crippen LogP contribution in [-0.2, 0) is 12.8 Å². The summed E-state index contributed by atoms with van der Waals surface area (Å²) in [5.74, 6) is 0.820. The topological polar surface area (TPSA) is 26.3 Å². The van der Waals surface area contributed by atoms with Crippen molar-refractivity contribution < 1.29 is 9.53 Å². The molecule has 0 heterocycles. The molecular formula is C18H18O2S. The van der Waals surface area contributed by atoms with Gasteiger partial charge in [0.05, 0.1) is 0 Å². The third-order valence-electron chi connectivity index (χ3n) is 3.85. The molecule has 2 aromatic carbocycles. The minimum Gasteiger partial charge on any atom is -0.484 e. The summed E-state index contributed by atoms with van der Waals surface area (Å²) in [4.78, 5) is 13.3. The van der Waals surface area contributed by atoms with Crippen molar-refractivity contribution >= 4 is 17.5 Å². The Balaban J connectivity index is 1.69. The molecular weight excluding hydrogens is 280 g/mol. The van der Waals surface area contributed by atoms with Gasteiger partial charge in [-0.25, -0.2) is 0 Å².